The van der Waals surface area contributed by atoms with Crippen LogP contribution in [0.4, 0.5) is 4.79 Å². The van der Waals surface area contributed by atoms with Gasteiger partial charge >= 0.3 is 12.0 Å². The van der Waals surface area contributed by atoms with Crippen LogP contribution in [0, 0.1) is 0 Å². The summed E-state index contributed by atoms with van der Waals surface area (Å²) in [5.74, 6) is 0.389. The van der Waals surface area contributed by atoms with Gasteiger partial charge in [-0.15, -0.1) is 0 Å². The van der Waals surface area contributed by atoms with Crippen molar-refractivity contribution in [2.45, 2.75) is 13.0 Å². The van der Waals surface area contributed by atoms with Gasteiger partial charge in [0.2, 0.25) is 0 Å². The van der Waals surface area contributed by atoms with Crippen molar-refractivity contribution in [3.8, 4) is 11.5 Å². The third-order valence-electron chi connectivity index (χ3n) is 6.95. The lowest BCUT2D eigenvalue weighted by molar-refractivity contribution is -0.139. The van der Waals surface area contributed by atoms with Crippen LogP contribution in [-0.4, -0.2) is 93.2 Å². The van der Waals surface area contributed by atoms with Crippen LogP contribution in [-0.2, 0) is 9.53 Å². The number of piperazine rings is 1. The van der Waals surface area contributed by atoms with Gasteiger partial charge in [-0.2, -0.15) is 0 Å². The predicted octanol–water partition coefficient (Wildman–Crippen LogP) is 3.33. The van der Waals surface area contributed by atoms with Crippen molar-refractivity contribution in [1.29, 1.82) is 0 Å². The second-order valence-corrected chi connectivity index (χ2v) is 9.59. The second-order valence-electron chi connectivity index (χ2n) is 9.18. The number of amides is 3. The fourth-order valence-corrected chi connectivity index (χ4v) is 5.02. The number of benzene rings is 2. The number of carbonyl (C=O) groups excluding carboxylic acids is 3. The minimum atomic E-state index is -0.745. The third kappa shape index (κ3) is 5.97. The maximum Gasteiger partial charge on any atom is 0.338 e. The molecule has 0 spiro atoms. The Morgan fingerprint density at radius 3 is 2.36 bits per heavy atom. The van der Waals surface area contributed by atoms with E-state index in [4.69, 9.17) is 25.8 Å². The lowest BCUT2D eigenvalue weighted by atomic mass is 9.94. The maximum absolute atomic E-state index is 13.3. The molecule has 10 nitrogen and oxygen atoms in total. The molecule has 2 heterocycles. The first kappa shape index (κ1) is 28.3. The lowest BCUT2D eigenvalue weighted by Gasteiger charge is -2.39. The summed E-state index contributed by atoms with van der Waals surface area (Å²) in [6.45, 7) is 4.36. The van der Waals surface area contributed by atoms with Crippen molar-refractivity contribution in [3.05, 3.63) is 69.9 Å². The number of carbonyl (C=O) groups is 3. The third-order valence-corrected chi connectivity index (χ3v) is 7.28. The summed E-state index contributed by atoms with van der Waals surface area (Å²) in [6.07, 6.45) is 0. The van der Waals surface area contributed by atoms with Gasteiger partial charge in [-0.05, 0) is 36.8 Å². The van der Waals surface area contributed by atoms with Gasteiger partial charge in [0.25, 0.3) is 5.91 Å². The van der Waals surface area contributed by atoms with Crippen molar-refractivity contribution in [3.63, 3.8) is 0 Å². The summed E-state index contributed by atoms with van der Waals surface area (Å²) in [5, 5.41) is 3.34. The number of halogens is 1. The zero-order valence-corrected chi connectivity index (χ0v) is 23.3. The topological polar surface area (TPSA) is 101 Å². The van der Waals surface area contributed by atoms with E-state index in [0.717, 1.165) is 0 Å². The molecule has 0 bridgehead atoms. The molecular formula is C28H33ClN4O6. The van der Waals surface area contributed by atoms with Crippen LogP contribution in [0.15, 0.2) is 53.7 Å². The van der Waals surface area contributed by atoms with Crippen LogP contribution in [0.3, 0.4) is 0 Å². The molecular weight excluding hydrogens is 524 g/mol. The minimum absolute atomic E-state index is 0.116. The number of likely N-dealkylation sites (N-methyl/N-ethyl adjacent to an activating group) is 1. The normalized spacial score (nSPS) is 18.1. The Kier molecular flexibility index (Phi) is 8.98. The van der Waals surface area contributed by atoms with Gasteiger partial charge in [0.15, 0.2) is 11.5 Å². The first-order valence-corrected chi connectivity index (χ1v) is 13.1. The second kappa shape index (κ2) is 12.4. The number of methoxy groups -OCH3 is 2. The molecule has 0 saturated carbocycles. The number of esters is 1. The van der Waals surface area contributed by atoms with E-state index in [1.54, 1.807) is 68.4 Å². The van der Waals surface area contributed by atoms with E-state index in [2.05, 4.69) is 10.2 Å². The Morgan fingerprint density at radius 1 is 1.03 bits per heavy atom. The molecule has 2 aromatic rings. The largest absolute Gasteiger partial charge is 0.493 e. The molecule has 2 aromatic carbocycles. The van der Waals surface area contributed by atoms with Crippen molar-refractivity contribution in [2.75, 3.05) is 60.6 Å². The monoisotopic (exact) mass is 556 g/mol. The number of nitrogens with zero attached hydrogens (tertiary/aromatic N) is 3. The van der Waals surface area contributed by atoms with Crippen LogP contribution in [0.5, 0.6) is 11.5 Å². The molecule has 0 aliphatic carbocycles. The Balaban J connectivity index is 1.61. The first-order chi connectivity index (χ1) is 18.8. The highest BCUT2D eigenvalue weighted by atomic mass is 35.5. The summed E-state index contributed by atoms with van der Waals surface area (Å²) in [5.41, 5.74) is 2.02. The van der Waals surface area contributed by atoms with E-state index in [1.807, 2.05) is 0 Å². The highest BCUT2D eigenvalue weighted by molar-refractivity contribution is 6.33. The quantitative estimate of drug-likeness (QED) is 0.498. The molecule has 0 aromatic heterocycles. The Morgan fingerprint density at radius 2 is 1.72 bits per heavy atom. The number of nitrogens with one attached hydrogen (secondary N) is 1. The standard InChI is InChI=1S/C28H33ClN4O6/c1-5-39-27(35)24-21(17-32-12-14-33(15-13-32)26(34)19-8-6-7-9-20(19)29)31(2)28(36)30-25(24)18-10-11-22(37-3)23(16-18)38-4/h6-11,16,25H,5,12-15,17H2,1-4H3,(H,30,36)/t25-/m0/s1. The van der Waals surface area contributed by atoms with Crippen molar-refractivity contribution < 1.29 is 28.6 Å². The molecule has 0 unspecified atom stereocenters. The molecule has 1 saturated heterocycles. The van der Waals surface area contributed by atoms with E-state index in [0.29, 0.717) is 71.6 Å². The van der Waals surface area contributed by atoms with Gasteiger partial charge in [0.1, 0.15) is 0 Å². The average Bonchev–Trinajstić information content (AvgIpc) is 2.95. The SMILES string of the molecule is CCOC(=O)C1=C(CN2CCN(C(=O)c3ccccc3Cl)CC2)N(C)C(=O)N[C@H]1c1ccc(OC)c(OC)c1. The Labute approximate surface area is 233 Å². The van der Waals surface area contributed by atoms with Gasteiger partial charge in [-0.3, -0.25) is 14.6 Å². The molecule has 3 amide bonds. The molecule has 208 valence electrons. The molecule has 1 fully saturated rings. The molecule has 1 atom stereocenters. The minimum Gasteiger partial charge on any atom is -0.493 e. The van der Waals surface area contributed by atoms with E-state index < -0.39 is 12.0 Å². The van der Waals surface area contributed by atoms with E-state index >= 15 is 0 Å². The predicted molar refractivity (Wildman–Crippen MR) is 146 cm³/mol. The summed E-state index contributed by atoms with van der Waals surface area (Å²) < 4.78 is 16.2. The van der Waals surface area contributed by atoms with Gasteiger partial charge in [0.05, 0.1) is 43.0 Å². The molecule has 39 heavy (non-hydrogen) atoms. The highest BCUT2D eigenvalue weighted by Crippen LogP contribution is 2.36. The molecule has 4 rings (SSSR count). The van der Waals surface area contributed by atoms with Crippen LogP contribution in [0.1, 0.15) is 28.9 Å². The Bertz CT molecular complexity index is 1270. The summed E-state index contributed by atoms with van der Waals surface area (Å²) >= 11 is 6.23. The highest BCUT2D eigenvalue weighted by Gasteiger charge is 2.38. The lowest BCUT2D eigenvalue weighted by Crippen LogP contribution is -2.53. The van der Waals surface area contributed by atoms with E-state index in [9.17, 15) is 14.4 Å². The van der Waals surface area contributed by atoms with Crippen molar-refractivity contribution in [1.82, 2.24) is 20.0 Å². The van der Waals surface area contributed by atoms with Crippen LogP contribution >= 0.6 is 11.6 Å². The molecule has 0 radical (unpaired) electrons. The van der Waals surface area contributed by atoms with E-state index in [1.165, 1.54) is 12.0 Å². The fourth-order valence-electron chi connectivity index (χ4n) is 4.81. The van der Waals surface area contributed by atoms with Gasteiger partial charge in [-0.25, -0.2) is 9.59 Å². The summed E-state index contributed by atoms with van der Waals surface area (Å²) in [6, 6.07) is 11.2. The number of hydrogen-bond donors (Lipinski definition) is 1. The molecule has 1 N–H and O–H groups in total. The summed E-state index contributed by atoms with van der Waals surface area (Å²) in [7, 11) is 4.70. The zero-order chi connectivity index (χ0) is 28.1. The maximum atomic E-state index is 13.3. The van der Waals surface area contributed by atoms with Crippen molar-refractivity contribution >= 4 is 29.5 Å². The first-order valence-electron chi connectivity index (χ1n) is 12.7. The number of ether oxygens (including phenoxy) is 3. The average molecular weight is 557 g/mol. The number of hydrogen-bond acceptors (Lipinski definition) is 7. The van der Waals surface area contributed by atoms with Gasteiger partial charge < -0.3 is 24.4 Å². The zero-order valence-electron chi connectivity index (χ0n) is 22.5. The van der Waals surface area contributed by atoms with Gasteiger partial charge in [0, 0.05) is 45.5 Å². The van der Waals surface area contributed by atoms with Crippen LogP contribution < -0.4 is 14.8 Å². The fraction of sp³-hybridized carbons (Fsp3) is 0.393. The van der Waals surface area contributed by atoms with Gasteiger partial charge in [-0.1, -0.05) is 29.8 Å². The smallest absolute Gasteiger partial charge is 0.338 e. The van der Waals surface area contributed by atoms with Crippen molar-refractivity contribution in [2.24, 2.45) is 0 Å². The number of urea groups is 1. The Hall–Kier alpha value is -3.76. The molecule has 2 aliphatic rings. The molecule has 2 aliphatic heterocycles. The van der Waals surface area contributed by atoms with E-state index in [-0.39, 0.29) is 18.5 Å². The number of rotatable bonds is 8. The molecule has 11 heteroatoms. The summed E-state index contributed by atoms with van der Waals surface area (Å²) in [4.78, 5) is 44.7. The van der Waals surface area contributed by atoms with Crippen LogP contribution in [0.25, 0.3) is 0 Å². The van der Waals surface area contributed by atoms with Crippen LogP contribution in [0.2, 0.25) is 5.02 Å².